The molecule has 0 atom stereocenters. The van der Waals surface area contributed by atoms with Gasteiger partial charge in [-0.3, -0.25) is 9.59 Å². The van der Waals surface area contributed by atoms with Crippen LogP contribution in [0.3, 0.4) is 0 Å². The molecule has 0 aromatic heterocycles. The third-order valence-corrected chi connectivity index (χ3v) is 4.98. The Hall–Kier alpha value is -2.04. The number of hydrogen-bond acceptors (Lipinski definition) is 3. The van der Waals surface area contributed by atoms with Gasteiger partial charge in [-0.2, -0.15) is 0 Å². The highest BCUT2D eigenvalue weighted by Gasteiger charge is 2.26. The highest BCUT2D eigenvalue weighted by atomic mass is 16.5. The van der Waals surface area contributed by atoms with Crippen LogP contribution in [0.2, 0.25) is 0 Å². The molecule has 0 spiro atoms. The zero-order chi connectivity index (χ0) is 19.2. The van der Waals surface area contributed by atoms with E-state index in [0.717, 1.165) is 18.6 Å². The number of benzene rings is 1. The molecular weight excluding hydrogens is 330 g/mol. The van der Waals surface area contributed by atoms with Crippen LogP contribution < -0.4 is 10.1 Å². The molecular formula is C21H31NO4. The Balaban J connectivity index is 1.62. The second-order valence-corrected chi connectivity index (χ2v) is 8.18. The molecule has 1 aliphatic rings. The summed E-state index contributed by atoms with van der Waals surface area (Å²) in [7, 11) is 0. The SMILES string of the molecule is CC(C)(C)c1ccc(OCCCC(=O)NC2CCC(C(=O)O)CC2)cc1. The molecule has 0 aliphatic heterocycles. The fourth-order valence-corrected chi connectivity index (χ4v) is 3.26. The minimum absolute atomic E-state index is 0.0236. The maximum atomic E-state index is 12.0. The first-order valence-electron chi connectivity index (χ1n) is 9.51. The average molecular weight is 361 g/mol. The molecule has 1 fully saturated rings. The molecule has 5 heteroatoms. The number of ether oxygens (including phenoxy) is 1. The van der Waals surface area contributed by atoms with Crippen molar-refractivity contribution < 1.29 is 19.4 Å². The molecule has 0 heterocycles. The summed E-state index contributed by atoms with van der Waals surface area (Å²) in [5.74, 6) is -0.121. The van der Waals surface area contributed by atoms with Crippen LogP contribution in [0, 0.1) is 5.92 Å². The van der Waals surface area contributed by atoms with E-state index >= 15 is 0 Å². The van der Waals surface area contributed by atoms with E-state index in [1.165, 1.54) is 5.56 Å². The molecule has 26 heavy (non-hydrogen) atoms. The number of carboxylic acids is 1. The summed E-state index contributed by atoms with van der Waals surface area (Å²) in [5.41, 5.74) is 1.39. The molecule has 0 saturated heterocycles. The smallest absolute Gasteiger partial charge is 0.306 e. The summed E-state index contributed by atoms with van der Waals surface area (Å²) in [6.07, 6.45) is 3.89. The fourth-order valence-electron chi connectivity index (χ4n) is 3.26. The summed E-state index contributed by atoms with van der Waals surface area (Å²) < 4.78 is 5.71. The fraction of sp³-hybridized carbons (Fsp3) is 0.619. The van der Waals surface area contributed by atoms with Gasteiger partial charge in [0.05, 0.1) is 12.5 Å². The van der Waals surface area contributed by atoms with Crippen molar-refractivity contribution in [2.75, 3.05) is 6.61 Å². The van der Waals surface area contributed by atoms with Crippen LogP contribution in [-0.4, -0.2) is 29.6 Å². The van der Waals surface area contributed by atoms with Crippen LogP contribution in [0.4, 0.5) is 0 Å². The lowest BCUT2D eigenvalue weighted by Crippen LogP contribution is -2.38. The van der Waals surface area contributed by atoms with Gasteiger partial charge in [-0.05, 0) is 55.2 Å². The summed E-state index contributed by atoms with van der Waals surface area (Å²) in [4.78, 5) is 23.0. The number of hydrogen-bond donors (Lipinski definition) is 2. The number of carboxylic acid groups (broad SMARTS) is 1. The molecule has 0 unspecified atom stereocenters. The van der Waals surface area contributed by atoms with Gasteiger partial charge in [-0.1, -0.05) is 32.9 Å². The summed E-state index contributed by atoms with van der Waals surface area (Å²) in [6, 6.07) is 8.22. The Morgan fingerprint density at radius 3 is 2.27 bits per heavy atom. The molecule has 5 nitrogen and oxygen atoms in total. The maximum absolute atomic E-state index is 12.0. The minimum Gasteiger partial charge on any atom is -0.494 e. The van der Waals surface area contributed by atoms with Crippen LogP contribution in [0.15, 0.2) is 24.3 Å². The van der Waals surface area contributed by atoms with Gasteiger partial charge in [-0.25, -0.2) is 0 Å². The number of rotatable bonds is 7. The highest BCUT2D eigenvalue weighted by Crippen LogP contribution is 2.25. The van der Waals surface area contributed by atoms with E-state index in [1.54, 1.807) is 0 Å². The minimum atomic E-state index is -0.720. The van der Waals surface area contributed by atoms with Crippen molar-refractivity contribution in [2.45, 2.75) is 70.8 Å². The molecule has 144 valence electrons. The second kappa shape index (κ2) is 9.06. The number of nitrogens with one attached hydrogen (secondary N) is 1. The van der Waals surface area contributed by atoms with Crippen molar-refractivity contribution in [3.05, 3.63) is 29.8 Å². The van der Waals surface area contributed by atoms with E-state index in [2.05, 4.69) is 38.2 Å². The van der Waals surface area contributed by atoms with Gasteiger partial charge >= 0.3 is 5.97 Å². The predicted octanol–water partition coefficient (Wildman–Crippen LogP) is 3.90. The first kappa shape index (κ1) is 20.3. The molecule has 1 aromatic carbocycles. The number of amides is 1. The number of carbonyl (C=O) groups is 2. The first-order chi connectivity index (χ1) is 12.3. The van der Waals surface area contributed by atoms with Gasteiger partial charge in [0.2, 0.25) is 5.91 Å². The molecule has 0 radical (unpaired) electrons. The Bertz CT molecular complexity index is 595. The Morgan fingerprint density at radius 1 is 1.12 bits per heavy atom. The maximum Gasteiger partial charge on any atom is 0.306 e. The highest BCUT2D eigenvalue weighted by molar-refractivity contribution is 5.76. The van der Waals surface area contributed by atoms with Crippen molar-refractivity contribution in [3.8, 4) is 5.75 Å². The molecule has 1 aromatic rings. The molecule has 1 amide bonds. The molecule has 2 rings (SSSR count). The van der Waals surface area contributed by atoms with E-state index in [0.29, 0.717) is 32.3 Å². The normalized spacial score (nSPS) is 20.4. The Morgan fingerprint density at radius 2 is 1.73 bits per heavy atom. The topological polar surface area (TPSA) is 75.6 Å². The summed E-state index contributed by atoms with van der Waals surface area (Å²) in [5, 5.41) is 12.0. The van der Waals surface area contributed by atoms with Crippen LogP contribution in [-0.2, 0) is 15.0 Å². The van der Waals surface area contributed by atoms with Gasteiger partial charge in [0.15, 0.2) is 0 Å². The summed E-state index contributed by atoms with van der Waals surface area (Å²) in [6.45, 7) is 7.04. The van der Waals surface area contributed by atoms with Gasteiger partial charge in [0, 0.05) is 12.5 Å². The van der Waals surface area contributed by atoms with Crippen LogP contribution >= 0.6 is 0 Å². The van der Waals surface area contributed by atoms with Gasteiger partial charge < -0.3 is 15.2 Å². The lowest BCUT2D eigenvalue weighted by atomic mass is 9.86. The third kappa shape index (κ3) is 6.36. The Labute approximate surface area is 156 Å². The molecule has 0 bridgehead atoms. The van der Waals surface area contributed by atoms with Crippen LogP contribution in [0.25, 0.3) is 0 Å². The largest absolute Gasteiger partial charge is 0.494 e. The van der Waals surface area contributed by atoms with Crippen molar-refractivity contribution in [2.24, 2.45) is 5.92 Å². The zero-order valence-corrected chi connectivity index (χ0v) is 16.1. The summed E-state index contributed by atoms with van der Waals surface area (Å²) >= 11 is 0. The molecule has 1 aliphatic carbocycles. The van der Waals surface area contributed by atoms with Crippen LogP contribution in [0.5, 0.6) is 5.75 Å². The van der Waals surface area contributed by atoms with E-state index in [1.807, 2.05) is 12.1 Å². The number of carbonyl (C=O) groups excluding carboxylic acids is 1. The van der Waals surface area contributed by atoms with E-state index in [4.69, 9.17) is 9.84 Å². The zero-order valence-electron chi connectivity index (χ0n) is 16.1. The molecule has 2 N–H and O–H groups in total. The van der Waals surface area contributed by atoms with Crippen molar-refractivity contribution in [1.29, 1.82) is 0 Å². The van der Waals surface area contributed by atoms with Crippen molar-refractivity contribution >= 4 is 11.9 Å². The van der Waals surface area contributed by atoms with Gasteiger partial charge in [0.1, 0.15) is 5.75 Å². The van der Waals surface area contributed by atoms with Gasteiger partial charge in [0.25, 0.3) is 0 Å². The standard InChI is InChI=1S/C21H31NO4/c1-21(2,3)16-8-12-18(13-9-16)26-14-4-5-19(23)22-17-10-6-15(7-11-17)20(24)25/h8-9,12-13,15,17H,4-7,10-11,14H2,1-3H3,(H,22,23)(H,24,25). The van der Waals surface area contributed by atoms with E-state index in [-0.39, 0.29) is 23.3 Å². The lowest BCUT2D eigenvalue weighted by molar-refractivity contribution is -0.142. The van der Waals surface area contributed by atoms with Crippen molar-refractivity contribution in [3.63, 3.8) is 0 Å². The predicted molar refractivity (Wildman–Crippen MR) is 101 cm³/mol. The Kier molecular flexibility index (Phi) is 7.06. The first-order valence-corrected chi connectivity index (χ1v) is 9.51. The number of aliphatic carboxylic acids is 1. The molecule has 1 saturated carbocycles. The third-order valence-electron chi connectivity index (χ3n) is 4.98. The monoisotopic (exact) mass is 361 g/mol. The van der Waals surface area contributed by atoms with Crippen molar-refractivity contribution in [1.82, 2.24) is 5.32 Å². The average Bonchev–Trinajstić information content (AvgIpc) is 2.59. The van der Waals surface area contributed by atoms with E-state index < -0.39 is 5.97 Å². The van der Waals surface area contributed by atoms with Crippen LogP contribution in [0.1, 0.15) is 64.9 Å². The van der Waals surface area contributed by atoms with Gasteiger partial charge in [-0.15, -0.1) is 0 Å². The van der Waals surface area contributed by atoms with E-state index in [9.17, 15) is 9.59 Å². The quantitative estimate of drug-likeness (QED) is 0.722. The lowest BCUT2D eigenvalue weighted by Gasteiger charge is -2.26. The second-order valence-electron chi connectivity index (χ2n) is 8.18.